The van der Waals surface area contributed by atoms with Crippen LogP contribution in [0.25, 0.3) is 0 Å². The summed E-state index contributed by atoms with van der Waals surface area (Å²) in [6, 6.07) is 15.6. The number of benzene rings is 2. The molecule has 0 aromatic heterocycles. The maximum Gasteiger partial charge on any atom is 0.237 e. The Morgan fingerprint density at radius 3 is 2.57 bits per heavy atom. The first-order valence-corrected chi connectivity index (χ1v) is 7.65. The van der Waals surface area contributed by atoms with Gasteiger partial charge in [0, 0.05) is 4.90 Å². The summed E-state index contributed by atoms with van der Waals surface area (Å²) in [6.07, 6.45) is 0. The molecule has 21 heavy (non-hydrogen) atoms. The normalized spacial score (nSPS) is 11.8. The van der Waals surface area contributed by atoms with Crippen LogP contribution >= 0.6 is 11.8 Å². The number of methoxy groups -OCH3 is 1. The molecular weight excluding hydrogens is 282 g/mol. The van der Waals surface area contributed by atoms with Gasteiger partial charge in [0.05, 0.1) is 18.0 Å². The summed E-state index contributed by atoms with van der Waals surface area (Å²) in [7, 11) is 1.60. The van der Waals surface area contributed by atoms with Crippen molar-refractivity contribution in [3.05, 3.63) is 54.1 Å². The number of anilines is 1. The van der Waals surface area contributed by atoms with Crippen molar-refractivity contribution in [1.82, 2.24) is 0 Å². The second-order valence-corrected chi connectivity index (χ2v) is 6.18. The summed E-state index contributed by atoms with van der Waals surface area (Å²) in [6.45, 7) is 3.88. The Morgan fingerprint density at radius 1 is 1.19 bits per heavy atom. The van der Waals surface area contributed by atoms with Crippen LogP contribution in [0.4, 0.5) is 5.69 Å². The van der Waals surface area contributed by atoms with Gasteiger partial charge in [0.15, 0.2) is 0 Å². The van der Waals surface area contributed by atoms with Gasteiger partial charge in [-0.2, -0.15) is 0 Å². The van der Waals surface area contributed by atoms with Gasteiger partial charge in [-0.25, -0.2) is 0 Å². The van der Waals surface area contributed by atoms with Gasteiger partial charge >= 0.3 is 0 Å². The first-order chi connectivity index (χ1) is 10.1. The molecule has 2 rings (SSSR count). The molecule has 0 spiro atoms. The molecule has 0 heterocycles. The fraction of sp³-hybridized carbons (Fsp3) is 0.235. The van der Waals surface area contributed by atoms with E-state index in [1.54, 1.807) is 7.11 Å². The number of carbonyl (C=O) groups excluding carboxylic acids is 1. The molecule has 2 aromatic carbocycles. The lowest BCUT2D eigenvalue weighted by atomic mass is 10.2. The van der Waals surface area contributed by atoms with Crippen molar-refractivity contribution in [2.24, 2.45) is 0 Å². The lowest BCUT2D eigenvalue weighted by molar-refractivity contribution is -0.115. The number of aryl methyl sites for hydroxylation is 1. The first kappa shape index (κ1) is 15.4. The van der Waals surface area contributed by atoms with Crippen LogP contribution < -0.4 is 10.1 Å². The Bertz CT molecular complexity index is 613. The third-order valence-corrected chi connectivity index (χ3v) is 4.15. The zero-order chi connectivity index (χ0) is 15.2. The largest absolute Gasteiger partial charge is 0.495 e. The van der Waals surface area contributed by atoms with Crippen LogP contribution in [0.5, 0.6) is 5.75 Å². The third-order valence-electron chi connectivity index (χ3n) is 3.04. The van der Waals surface area contributed by atoms with Gasteiger partial charge in [-0.15, -0.1) is 11.8 Å². The van der Waals surface area contributed by atoms with Gasteiger partial charge in [0.25, 0.3) is 0 Å². The predicted octanol–water partition coefficient (Wildman–Crippen LogP) is 4.12. The van der Waals surface area contributed by atoms with E-state index < -0.39 is 0 Å². The van der Waals surface area contributed by atoms with Crippen molar-refractivity contribution >= 4 is 23.4 Å². The summed E-state index contributed by atoms with van der Waals surface area (Å²) in [5.41, 5.74) is 1.79. The molecule has 4 heteroatoms. The van der Waals surface area contributed by atoms with Crippen molar-refractivity contribution < 1.29 is 9.53 Å². The number of nitrogens with one attached hydrogen (secondary N) is 1. The number of amides is 1. The summed E-state index contributed by atoms with van der Waals surface area (Å²) in [5.74, 6) is 0.638. The average molecular weight is 301 g/mol. The molecule has 0 fully saturated rings. The summed E-state index contributed by atoms with van der Waals surface area (Å²) in [5, 5.41) is 2.75. The summed E-state index contributed by atoms with van der Waals surface area (Å²) < 4.78 is 5.28. The maximum absolute atomic E-state index is 12.3. The smallest absolute Gasteiger partial charge is 0.237 e. The van der Waals surface area contributed by atoms with Gasteiger partial charge in [-0.3, -0.25) is 4.79 Å². The molecule has 0 unspecified atom stereocenters. The number of rotatable bonds is 5. The number of carbonyl (C=O) groups is 1. The monoisotopic (exact) mass is 301 g/mol. The van der Waals surface area contributed by atoms with Gasteiger partial charge < -0.3 is 10.1 Å². The molecule has 0 saturated heterocycles. The summed E-state index contributed by atoms with van der Waals surface area (Å²) >= 11 is 1.54. The van der Waals surface area contributed by atoms with E-state index in [9.17, 15) is 4.79 Å². The lowest BCUT2D eigenvalue weighted by Crippen LogP contribution is -2.22. The van der Waals surface area contributed by atoms with Crippen LogP contribution in [-0.2, 0) is 4.79 Å². The second kappa shape index (κ2) is 7.18. The molecule has 0 aliphatic rings. The zero-order valence-corrected chi connectivity index (χ0v) is 13.2. The molecule has 0 radical (unpaired) electrons. The number of hydrogen-bond donors (Lipinski definition) is 1. The molecule has 1 atom stereocenters. The van der Waals surface area contributed by atoms with E-state index in [1.165, 1.54) is 11.8 Å². The van der Waals surface area contributed by atoms with Crippen molar-refractivity contribution in [3.8, 4) is 5.75 Å². The van der Waals surface area contributed by atoms with Crippen LogP contribution in [0.15, 0.2) is 53.4 Å². The minimum absolute atomic E-state index is 0.0345. The molecule has 3 nitrogen and oxygen atoms in total. The Kier molecular flexibility index (Phi) is 5.28. The highest BCUT2D eigenvalue weighted by Gasteiger charge is 2.16. The van der Waals surface area contributed by atoms with Crippen molar-refractivity contribution in [2.75, 3.05) is 12.4 Å². The van der Waals surface area contributed by atoms with E-state index in [0.29, 0.717) is 11.4 Å². The summed E-state index contributed by atoms with van der Waals surface area (Å²) in [4.78, 5) is 13.4. The number of hydrogen-bond acceptors (Lipinski definition) is 3. The van der Waals surface area contributed by atoms with Gasteiger partial charge in [-0.1, -0.05) is 24.3 Å². The Labute approximate surface area is 129 Å². The molecular formula is C17H19NO2S. The Morgan fingerprint density at radius 2 is 1.90 bits per heavy atom. The zero-order valence-electron chi connectivity index (χ0n) is 12.4. The van der Waals surface area contributed by atoms with Crippen molar-refractivity contribution in [2.45, 2.75) is 24.0 Å². The topological polar surface area (TPSA) is 38.3 Å². The Hall–Kier alpha value is -1.94. The first-order valence-electron chi connectivity index (χ1n) is 6.77. The van der Waals surface area contributed by atoms with Crippen LogP contribution in [0, 0.1) is 6.92 Å². The van der Waals surface area contributed by atoms with Crippen LogP contribution in [0.2, 0.25) is 0 Å². The highest BCUT2D eigenvalue weighted by Crippen LogP contribution is 2.28. The predicted molar refractivity (Wildman–Crippen MR) is 88.1 cm³/mol. The average Bonchev–Trinajstić information content (AvgIpc) is 2.48. The van der Waals surface area contributed by atoms with Crippen molar-refractivity contribution in [3.63, 3.8) is 0 Å². The minimum atomic E-state index is -0.183. The van der Waals surface area contributed by atoms with Crippen LogP contribution in [0.3, 0.4) is 0 Å². The van der Waals surface area contributed by atoms with E-state index >= 15 is 0 Å². The molecule has 0 aliphatic carbocycles. The molecule has 1 N–H and O–H groups in total. The van der Waals surface area contributed by atoms with Crippen molar-refractivity contribution in [1.29, 1.82) is 0 Å². The fourth-order valence-corrected chi connectivity index (χ4v) is 2.80. The standard InChI is InChI=1S/C17H19NO2S/c1-12-9-10-16(20-3)15(11-12)18-17(19)13(2)21-14-7-5-4-6-8-14/h4-11,13H,1-3H3,(H,18,19)/t13-/m0/s1. The van der Waals surface area contributed by atoms with E-state index in [1.807, 2.05) is 62.4 Å². The lowest BCUT2D eigenvalue weighted by Gasteiger charge is -2.14. The van der Waals surface area contributed by atoms with Crippen LogP contribution in [-0.4, -0.2) is 18.3 Å². The maximum atomic E-state index is 12.3. The Balaban J connectivity index is 2.05. The van der Waals surface area contributed by atoms with E-state index in [0.717, 1.165) is 10.5 Å². The van der Waals surface area contributed by atoms with Gasteiger partial charge in [0.1, 0.15) is 5.75 Å². The highest BCUT2D eigenvalue weighted by molar-refractivity contribution is 8.00. The third kappa shape index (κ3) is 4.26. The molecule has 2 aromatic rings. The highest BCUT2D eigenvalue weighted by atomic mass is 32.2. The quantitative estimate of drug-likeness (QED) is 0.844. The SMILES string of the molecule is COc1ccc(C)cc1NC(=O)[C@H](C)Sc1ccccc1. The number of ether oxygens (including phenoxy) is 1. The molecule has 110 valence electrons. The van der Waals surface area contributed by atoms with Crippen LogP contribution in [0.1, 0.15) is 12.5 Å². The molecule has 0 saturated carbocycles. The van der Waals surface area contributed by atoms with E-state index in [-0.39, 0.29) is 11.2 Å². The number of thioether (sulfide) groups is 1. The fourth-order valence-electron chi connectivity index (χ4n) is 1.91. The van der Waals surface area contributed by atoms with E-state index in [4.69, 9.17) is 4.74 Å². The van der Waals surface area contributed by atoms with Gasteiger partial charge in [-0.05, 0) is 43.7 Å². The van der Waals surface area contributed by atoms with E-state index in [2.05, 4.69) is 5.32 Å². The second-order valence-electron chi connectivity index (χ2n) is 4.77. The molecule has 0 aliphatic heterocycles. The molecule has 1 amide bonds. The van der Waals surface area contributed by atoms with Gasteiger partial charge in [0.2, 0.25) is 5.91 Å². The molecule has 0 bridgehead atoms. The minimum Gasteiger partial charge on any atom is -0.495 e.